The van der Waals surface area contributed by atoms with Crippen LogP contribution in [0.25, 0.3) is 0 Å². The Morgan fingerprint density at radius 2 is 0.875 bits per heavy atom. The first-order chi connectivity index (χ1) is 18.9. The van der Waals surface area contributed by atoms with Crippen LogP contribution in [0.2, 0.25) is 0 Å². The van der Waals surface area contributed by atoms with E-state index in [1.54, 1.807) is 0 Å². The van der Waals surface area contributed by atoms with Crippen molar-refractivity contribution in [1.82, 2.24) is 0 Å². The minimum atomic E-state index is -2.12. The average molecular weight is 571 g/mol. The van der Waals surface area contributed by atoms with Crippen LogP contribution in [0, 0.1) is 17.8 Å². The Kier molecular flexibility index (Phi) is 21.4. The van der Waals surface area contributed by atoms with Gasteiger partial charge in [0.05, 0.1) is 32.7 Å². The molecule has 0 fully saturated rings. The number of unbranched alkanes of at least 4 members (excludes halogenated alkanes) is 6. The second-order valence-corrected chi connectivity index (χ2v) is 12.2. The lowest BCUT2D eigenvalue weighted by atomic mass is 9.95. The Hall–Kier alpha value is -2.12. The molecule has 0 atom stereocenters. The summed E-state index contributed by atoms with van der Waals surface area (Å²) in [4.78, 5) is 50.8. The maximum absolute atomic E-state index is 13.3. The van der Waals surface area contributed by atoms with Crippen LogP contribution in [0.4, 0.5) is 0 Å². The van der Waals surface area contributed by atoms with E-state index >= 15 is 0 Å². The standard InChI is InChI=1S/C32H58O8/c1-25(2)17-11-8-14-20-37-29(34)23-32(40-28(7)33,31(36)39-22-16-10-13-19-27(5)6)24-30(35)38-21-15-9-12-18-26(3)4/h25-27H,8-24H2,1-7H3. The number of hydrogen-bond acceptors (Lipinski definition) is 8. The number of carbonyl (C=O) groups excluding carboxylic acids is 4. The maximum atomic E-state index is 13.3. The molecule has 0 bridgehead atoms. The highest BCUT2D eigenvalue weighted by molar-refractivity contribution is 5.92. The largest absolute Gasteiger partial charge is 0.466 e. The normalized spacial score (nSPS) is 11.7. The van der Waals surface area contributed by atoms with Gasteiger partial charge in [-0.2, -0.15) is 0 Å². The second-order valence-electron chi connectivity index (χ2n) is 12.2. The van der Waals surface area contributed by atoms with Crippen LogP contribution in [-0.4, -0.2) is 49.3 Å². The molecule has 0 aromatic heterocycles. The monoisotopic (exact) mass is 570 g/mol. The van der Waals surface area contributed by atoms with E-state index in [4.69, 9.17) is 18.9 Å². The summed E-state index contributed by atoms with van der Waals surface area (Å²) in [6.45, 7) is 14.6. The summed E-state index contributed by atoms with van der Waals surface area (Å²) in [5.74, 6) is -1.32. The molecule has 0 aliphatic carbocycles. The van der Waals surface area contributed by atoms with E-state index in [9.17, 15) is 19.2 Å². The minimum absolute atomic E-state index is 0.107. The van der Waals surface area contributed by atoms with Gasteiger partial charge in [-0.05, 0) is 37.0 Å². The van der Waals surface area contributed by atoms with Gasteiger partial charge in [0.1, 0.15) is 0 Å². The van der Waals surface area contributed by atoms with E-state index in [-0.39, 0.29) is 19.8 Å². The van der Waals surface area contributed by atoms with Gasteiger partial charge in [0.2, 0.25) is 5.60 Å². The van der Waals surface area contributed by atoms with Gasteiger partial charge in [-0.25, -0.2) is 4.79 Å². The van der Waals surface area contributed by atoms with Crippen LogP contribution in [0.3, 0.4) is 0 Å². The van der Waals surface area contributed by atoms with Crippen molar-refractivity contribution in [3.05, 3.63) is 0 Å². The molecule has 8 heteroatoms. The van der Waals surface area contributed by atoms with E-state index < -0.39 is 42.3 Å². The average Bonchev–Trinajstić information content (AvgIpc) is 2.84. The van der Waals surface area contributed by atoms with Crippen LogP contribution in [0.1, 0.15) is 138 Å². The van der Waals surface area contributed by atoms with Crippen molar-refractivity contribution in [3.8, 4) is 0 Å². The summed E-state index contributed by atoms with van der Waals surface area (Å²) in [7, 11) is 0. The molecule has 234 valence electrons. The van der Waals surface area contributed by atoms with Gasteiger partial charge in [0.15, 0.2) is 0 Å². The zero-order valence-electron chi connectivity index (χ0n) is 26.5. The zero-order valence-corrected chi connectivity index (χ0v) is 26.5. The van der Waals surface area contributed by atoms with Crippen molar-refractivity contribution in [2.75, 3.05) is 19.8 Å². The highest BCUT2D eigenvalue weighted by Crippen LogP contribution is 2.26. The van der Waals surface area contributed by atoms with Gasteiger partial charge < -0.3 is 18.9 Å². The van der Waals surface area contributed by atoms with Crippen LogP contribution >= 0.6 is 0 Å². The van der Waals surface area contributed by atoms with Crippen molar-refractivity contribution in [2.45, 2.75) is 144 Å². The summed E-state index contributed by atoms with van der Waals surface area (Å²) in [6, 6.07) is 0. The third kappa shape index (κ3) is 20.7. The van der Waals surface area contributed by atoms with E-state index in [2.05, 4.69) is 41.5 Å². The molecular formula is C32H58O8. The fourth-order valence-corrected chi connectivity index (χ4v) is 4.33. The molecule has 0 aromatic carbocycles. The molecule has 0 aromatic rings. The van der Waals surface area contributed by atoms with Crippen molar-refractivity contribution < 1.29 is 38.1 Å². The fourth-order valence-electron chi connectivity index (χ4n) is 4.33. The predicted octanol–water partition coefficient (Wildman–Crippen LogP) is 7.35. The molecule has 0 N–H and O–H groups in total. The van der Waals surface area contributed by atoms with Crippen LogP contribution in [0.5, 0.6) is 0 Å². The van der Waals surface area contributed by atoms with Gasteiger partial charge in [0.25, 0.3) is 0 Å². The molecule has 0 amide bonds. The highest BCUT2D eigenvalue weighted by Gasteiger charge is 2.48. The molecule has 0 rings (SSSR count). The van der Waals surface area contributed by atoms with Gasteiger partial charge >= 0.3 is 23.9 Å². The molecule has 0 saturated carbocycles. The highest BCUT2D eigenvalue weighted by atomic mass is 16.6. The van der Waals surface area contributed by atoms with Crippen molar-refractivity contribution in [2.24, 2.45) is 17.8 Å². The van der Waals surface area contributed by atoms with Crippen LogP contribution < -0.4 is 0 Å². The topological polar surface area (TPSA) is 105 Å². The van der Waals surface area contributed by atoms with Gasteiger partial charge in [0, 0.05) is 6.92 Å². The number of hydrogen-bond donors (Lipinski definition) is 0. The Balaban J connectivity index is 5.22. The zero-order chi connectivity index (χ0) is 30.4. The first kappa shape index (κ1) is 37.9. The summed E-state index contributed by atoms with van der Waals surface area (Å²) in [5, 5.41) is 0. The van der Waals surface area contributed by atoms with Gasteiger partial charge in [-0.1, -0.05) is 99.3 Å². The maximum Gasteiger partial charge on any atom is 0.351 e. The lowest BCUT2D eigenvalue weighted by molar-refractivity contribution is -0.190. The molecule has 0 saturated heterocycles. The van der Waals surface area contributed by atoms with Gasteiger partial charge in [-0.3, -0.25) is 14.4 Å². The molecule has 40 heavy (non-hydrogen) atoms. The molecule has 0 spiro atoms. The Morgan fingerprint density at radius 1 is 0.525 bits per heavy atom. The predicted molar refractivity (Wildman–Crippen MR) is 157 cm³/mol. The van der Waals surface area contributed by atoms with Crippen molar-refractivity contribution in [1.29, 1.82) is 0 Å². The smallest absolute Gasteiger partial charge is 0.351 e. The summed E-state index contributed by atoms with van der Waals surface area (Å²) in [5.41, 5.74) is -2.12. The number of carbonyl (C=O) groups is 4. The molecule has 8 nitrogen and oxygen atoms in total. The molecule has 0 aliphatic heterocycles. The third-order valence-electron chi connectivity index (χ3n) is 6.61. The second kappa shape index (κ2) is 22.6. The Labute approximate surface area is 243 Å². The molecule has 0 radical (unpaired) electrons. The van der Waals surface area contributed by atoms with E-state index in [0.29, 0.717) is 37.0 Å². The van der Waals surface area contributed by atoms with E-state index in [0.717, 1.165) is 64.7 Å². The summed E-state index contributed by atoms with van der Waals surface area (Å²) < 4.78 is 21.5. The number of ether oxygens (including phenoxy) is 4. The first-order valence-electron chi connectivity index (χ1n) is 15.6. The first-order valence-corrected chi connectivity index (χ1v) is 15.6. The molecular weight excluding hydrogens is 512 g/mol. The number of rotatable bonds is 24. The molecule has 0 heterocycles. The molecule has 0 unspecified atom stereocenters. The SMILES string of the molecule is CC(=O)OC(CC(=O)OCCCCCC(C)C)(CC(=O)OCCCCCC(C)C)C(=O)OCCCCCC(C)C. The van der Waals surface area contributed by atoms with Crippen molar-refractivity contribution in [3.63, 3.8) is 0 Å². The van der Waals surface area contributed by atoms with Crippen LogP contribution in [-0.2, 0) is 38.1 Å². The Morgan fingerprint density at radius 3 is 1.20 bits per heavy atom. The van der Waals surface area contributed by atoms with Gasteiger partial charge in [-0.15, -0.1) is 0 Å². The van der Waals surface area contributed by atoms with E-state index in [1.165, 1.54) is 0 Å². The lowest BCUT2D eigenvalue weighted by Crippen LogP contribution is -2.48. The number of esters is 4. The minimum Gasteiger partial charge on any atom is -0.466 e. The van der Waals surface area contributed by atoms with E-state index in [1.807, 2.05) is 0 Å². The third-order valence-corrected chi connectivity index (χ3v) is 6.61. The lowest BCUT2D eigenvalue weighted by Gasteiger charge is -2.29. The quantitative estimate of drug-likeness (QED) is 0.0674. The van der Waals surface area contributed by atoms with Crippen molar-refractivity contribution >= 4 is 23.9 Å². The van der Waals surface area contributed by atoms with Crippen LogP contribution in [0.15, 0.2) is 0 Å². The molecule has 0 aliphatic rings. The fraction of sp³-hybridized carbons (Fsp3) is 0.875. The Bertz CT molecular complexity index is 680. The summed E-state index contributed by atoms with van der Waals surface area (Å²) in [6.07, 6.45) is 9.92. The summed E-state index contributed by atoms with van der Waals surface area (Å²) >= 11 is 0.